The molecule has 1 aromatic carbocycles. The Morgan fingerprint density at radius 2 is 2.28 bits per heavy atom. The lowest BCUT2D eigenvalue weighted by atomic mass is 10.1. The van der Waals surface area contributed by atoms with E-state index >= 15 is 0 Å². The lowest BCUT2D eigenvalue weighted by Gasteiger charge is -2.11. The van der Waals surface area contributed by atoms with Gasteiger partial charge in [-0.05, 0) is 47.2 Å². The summed E-state index contributed by atoms with van der Waals surface area (Å²) in [6.45, 7) is 1.97. The van der Waals surface area contributed by atoms with E-state index in [2.05, 4.69) is 15.5 Å². The number of hydrogen-bond donors (Lipinski definition) is 1. The van der Waals surface area contributed by atoms with Gasteiger partial charge in [-0.25, -0.2) is 4.68 Å². The first-order valence-electron chi connectivity index (χ1n) is 5.51. The molecule has 5 nitrogen and oxygen atoms in total. The Hall–Kier alpha value is -1.11. The van der Waals surface area contributed by atoms with Gasteiger partial charge in [0.1, 0.15) is 0 Å². The Kier molecular flexibility index (Phi) is 4.21. The highest BCUT2D eigenvalue weighted by Gasteiger charge is 2.13. The van der Waals surface area contributed by atoms with Crippen LogP contribution in [0.15, 0.2) is 28.3 Å². The molecule has 0 aliphatic heterocycles. The molecule has 0 fully saturated rings. The Bertz CT molecular complexity index is 540. The number of nitrogens with two attached hydrogens (primary N) is 1. The summed E-state index contributed by atoms with van der Waals surface area (Å²) in [6, 6.07) is 5.90. The molecule has 1 atom stereocenters. The van der Waals surface area contributed by atoms with Crippen LogP contribution in [0.4, 0.5) is 0 Å². The first kappa shape index (κ1) is 13.3. The second kappa shape index (κ2) is 5.69. The molecule has 96 valence electrons. The van der Waals surface area contributed by atoms with Gasteiger partial charge in [0.2, 0.25) is 5.16 Å². The molecular formula is C11H14ClN5S. The lowest BCUT2D eigenvalue weighted by Crippen LogP contribution is -2.18. The SMILES string of the molecule is CC(N)Cc1cccc(Cl)c1Sc1nnnn1C. The summed E-state index contributed by atoms with van der Waals surface area (Å²) in [7, 11) is 1.80. The van der Waals surface area contributed by atoms with E-state index in [1.54, 1.807) is 11.7 Å². The lowest BCUT2D eigenvalue weighted by molar-refractivity contribution is 0.664. The summed E-state index contributed by atoms with van der Waals surface area (Å²) in [5.74, 6) is 0. The fourth-order valence-corrected chi connectivity index (χ4v) is 2.76. The Morgan fingerprint density at radius 3 is 2.89 bits per heavy atom. The first-order valence-corrected chi connectivity index (χ1v) is 6.70. The molecule has 18 heavy (non-hydrogen) atoms. The van der Waals surface area contributed by atoms with Gasteiger partial charge >= 0.3 is 0 Å². The molecule has 1 unspecified atom stereocenters. The zero-order valence-corrected chi connectivity index (χ0v) is 11.7. The predicted octanol–water partition coefficient (Wildman–Crippen LogP) is 1.90. The zero-order chi connectivity index (χ0) is 13.1. The zero-order valence-electron chi connectivity index (χ0n) is 10.2. The van der Waals surface area contributed by atoms with Crippen LogP contribution in [0.1, 0.15) is 12.5 Å². The van der Waals surface area contributed by atoms with Crippen molar-refractivity contribution in [3.63, 3.8) is 0 Å². The van der Waals surface area contributed by atoms with E-state index in [0.29, 0.717) is 10.2 Å². The third kappa shape index (κ3) is 3.01. The van der Waals surface area contributed by atoms with E-state index in [4.69, 9.17) is 17.3 Å². The summed E-state index contributed by atoms with van der Waals surface area (Å²) < 4.78 is 1.61. The number of aryl methyl sites for hydroxylation is 1. The topological polar surface area (TPSA) is 69.6 Å². The van der Waals surface area contributed by atoms with Crippen LogP contribution in [0.3, 0.4) is 0 Å². The fraction of sp³-hybridized carbons (Fsp3) is 0.364. The van der Waals surface area contributed by atoms with Gasteiger partial charge in [0.15, 0.2) is 0 Å². The highest BCUT2D eigenvalue weighted by Crippen LogP contribution is 2.35. The van der Waals surface area contributed by atoms with E-state index in [9.17, 15) is 0 Å². The summed E-state index contributed by atoms with van der Waals surface area (Å²) in [4.78, 5) is 0.967. The highest BCUT2D eigenvalue weighted by molar-refractivity contribution is 7.99. The van der Waals surface area contributed by atoms with Crippen molar-refractivity contribution < 1.29 is 0 Å². The second-order valence-corrected chi connectivity index (χ2v) is 5.48. The molecule has 7 heteroatoms. The highest BCUT2D eigenvalue weighted by atomic mass is 35.5. The minimum atomic E-state index is 0.0837. The molecule has 2 N–H and O–H groups in total. The van der Waals surface area contributed by atoms with Crippen molar-refractivity contribution in [2.24, 2.45) is 12.8 Å². The number of aromatic nitrogens is 4. The van der Waals surface area contributed by atoms with E-state index in [0.717, 1.165) is 16.9 Å². The molecular weight excluding hydrogens is 270 g/mol. The number of tetrazole rings is 1. The summed E-state index contributed by atoms with van der Waals surface area (Å²) in [5.41, 5.74) is 6.97. The van der Waals surface area contributed by atoms with Crippen LogP contribution in [-0.4, -0.2) is 26.2 Å². The number of nitrogens with zero attached hydrogens (tertiary/aromatic N) is 4. The van der Waals surface area contributed by atoms with Crippen molar-refractivity contribution in [3.8, 4) is 0 Å². The number of halogens is 1. The molecule has 1 aromatic heterocycles. The minimum Gasteiger partial charge on any atom is -0.328 e. The van der Waals surface area contributed by atoms with Crippen molar-refractivity contribution in [3.05, 3.63) is 28.8 Å². The molecule has 0 radical (unpaired) electrons. The van der Waals surface area contributed by atoms with Crippen LogP contribution < -0.4 is 5.73 Å². The molecule has 0 bridgehead atoms. The second-order valence-electron chi connectivity index (χ2n) is 4.10. The van der Waals surface area contributed by atoms with Gasteiger partial charge in [0.25, 0.3) is 0 Å². The summed E-state index contributed by atoms with van der Waals surface area (Å²) in [6.07, 6.45) is 0.772. The van der Waals surface area contributed by atoms with Crippen molar-refractivity contribution in [2.75, 3.05) is 0 Å². The number of benzene rings is 1. The maximum atomic E-state index is 6.24. The fourth-order valence-electron chi connectivity index (χ4n) is 1.57. The van der Waals surface area contributed by atoms with E-state index in [1.807, 2.05) is 25.1 Å². The van der Waals surface area contributed by atoms with Crippen molar-refractivity contribution in [1.29, 1.82) is 0 Å². The van der Waals surface area contributed by atoms with E-state index in [-0.39, 0.29) is 6.04 Å². The predicted molar refractivity (Wildman–Crippen MR) is 71.7 cm³/mol. The molecule has 0 spiro atoms. The van der Waals surface area contributed by atoms with Gasteiger partial charge in [0, 0.05) is 18.0 Å². The Morgan fingerprint density at radius 1 is 1.50 bits per heavy atom. The molecule has 2 rings (SSSR count). The van der Waals surface area contributed by atoms with Gasteiger partial charge in [-0.15, -0.1) is 5.10 Å². The average molecular weight is 284 g/mol. The third-order valence-corrected chi connectivity index (χ3v) is 4.01. The van der Waals surface area contributed by atoms with Crippen LogP contribution in [0.25, 0.3) is 0 Å². The van der Waals surface area contributed by atoms with Crippen LogP contribution in [-0.2, 0) is 13.5 Å². The number of hydrogen-bond acceptors (Lipinski definition) is 5. The van der Waals surface area contributed by atoms with Crippen molar-refractivity contribution in [1.82, 2.24) is 20.2 Å². The Balaban J connectivity index is 2.34. The van der Waals surface area contributed by atoms with Gasteiger partial charge in [-0.3, -0.25) is 0 Å². The maximum Gasteiger partial charge on any atom is 0.213 e. The van der Waals surface area contributed by atoms with Crippen LogP contribution in [0.2, 0.25) is 5.02 Å². The van der Waals surface area contributed by atoms with Crippen LogP contribution in [0.5, 0.6) is 0 Å². The van der Waals surface area contributed by atoms with Gasteiger partial charge < -0.3 is 5.73 Å². The maximum absolute atomic E-state index is 6.24. The standard InChI is InChI=1S/C11H14ClN5S/c1-7(13)6-8-4-3-5-9(12)10(8)18-11-14-15-16-17(11)2/h3-5,7H,6,13H2,1-2H3. The first-order chi connectivity index (χ1) is 8.58. The summed E-state index contributed by atoms with van der Waals surface area (Å²) in [5, 5.41) is 12.8. The molecule has 0 aliphatic carbocycles. The van der Waals surface area contributed by atoms with E-state index in [1.165, 1.54) is 11.8 Å². The molecule has 1 heterocycles. The quantitative estimate of drug-likeness (QED) is 0.928. The van der Waals surface area contributed by atoms with E-state index < -0.39 is 0 Å². The monoisotopic (exact) mass is 283 g/mol. The van der Waals surface area contributed by atoms with Crippen LogP contribution in [0, 0.1) is 0 Å². The molecule has 0 saturated heterocycles. The van der Waals surface area contributed by atoms with Gasteiger partial charge in [-0.2, -0.15) is 0 Å². The molecule has 2 aromatic rings. The molecule has 0 aliphatic rings. The van der Waals surface area contributed by atoms with Gasteiger partial charge in [-0.1, -0.05) is 23.7 Å². The largest absolute Gasteiger partial charge is 0.328 e. The smallest absolute Gasteiger partial charge is 0.213 e. The Labute approximate surface area is 115 Å². The van der Waals surface area contributed by atoms with Crippen molar-refractivity contribution >= 4 is 23.4 Å². The summed E-state index contributed by atoms with van der Waals surface area (Å²) >= 11 is 7.70. The third-order valence-electron chi connectivity index (χ3n) is 2.37. The average Bonchev–Trinajstić information content (AvgIpc) is 2.68. The van der Waals surface area contributed by atoms with Crippen LogP contribution >= 0.6 is 23.4 Å². The normalized spacial score (nSPS) is 12.7. The minimum absolute atomic E-state index is 0.0837. The number of rotatable bonds is 4. The molecule has 0 saturated carbocycles. The molecule has 0 amide bonds. The van der Waals surface area contributed by atoms with Gasteiger partial charge in [0.05, 0.1) is 5.02 Å². The van der Waals surface area contributed by atoms with Crippen molar-refractivity contribution in [2.45, 2.75) is 29.4 Å².